The summed E-state index contributed by atoms with van der Waals surface area (Å²) in [6.45, 7) is 0. The maximum atomic E-state index is 8.66. The summed E-state index contributed by atoms with van der Waals surface area (Å²) in [5.41, 5.74) is 0.397. The van der Waals surface area contributed by atoms with E-state index in [4.69, 9.17) is 14.7 Å². The first-order chi connectivity index (χ1) is 9.66. The van der Waals surface area contributed by atoms with Crippen LogP contribution in [0.2, 0.25) is 0 Å². The molecule has 1 aromatic rings. The summed E-state index contributed by atoms with van der Waals surface area (Å²) >= 11 is 5.10. The van der Waals surface area contributed by atoms with Crippen molar-refractivity contribution in [3.63, 3.8) is 0 Å². The van der Waals surface area contributed by atoms with Gasteiger partial charge >= 0.3 is 0 Å². The third kappa shape index (κ3) is 2.73. The van der Waals surface area contributed by atoms with E-state index in [9.17, 15) is 0 Å². The number of halogens is 1. The fraction of sp³-hybridized carbons (Fsp3) is 0.267. The molecule has 0 aromatic carbocycles. The Balaban J connectivity index is 2.47. The van der Waals surface area contributed by atoms with Crippen LogP contribution in [-0.4, -0.2) is 14.2 Å². The van der Waals surface area contributed by atoms with Gasteiger partial charge in [0.15, 0.2) is 5.60 Å². The Bertz CT molecular complexity index is 624. The van der Waals surface area contributed by atoms with Crippen molar-refractivity contribution in [3.05, 3.63) is 56.4 Å². The number of ether oxygens (including phenoxy) is 2. The Morgan fingerprint density at radius 1 is 1.40 bits per heavy atom. The van der Waals surface area contributed by atoms with Crippen LogP contribution in [0.5, 0.6) is 0 Å². The third-order valence-corrected chi connectivity index (χ3v) is 4.98. The average Bonchev–Trinajstić information content (AvgIpc) is 2.91. The maximum Gasteiger partial charge on any atom is 0.162 e. The van der Waals surface area contributed by atoms with E-state index in [1.165, 1.54) is 6.08 Å². The molecule has 1 atom stereocenters. The van der Waals surface area contributed by atoms with Crippen LogP contribution in [0.4, 0.5) is 0 Å². The molecular weight excluding hydrogens is 338 g/mol. The fourth-order valence-corrected chi connectivity index (χ4v) is 3.81. The molecule has 0 radical (unpaired) electrons. The van der Waals surface area contributed by atoms with Crippen LogP contribution in [-0.2, 0) is 15.1 Å². The minimum absolute atomic E-state index is 0.630. The van der Waals surface area contributed by atoms with Crippen LogP contribution in [0.3, 0.4) is 0 Å². The Labute approximate surface area is 130 Å². The topological polar surface area (TPSA) is 42.2 Å². The van der Waals surface area contributed by atoms with Crippen LogP contribution in [0, 0.1) is 11.3 Å². The number of rotatable bonds is 4. The molecule has 5 heteroatoms. The summed E-state index contributed by atoms with van der Waals surface area (Å²) in [5.74, 6) is 0.767. The molecule has 0 saturated heterocycles. The van der Waals surface area contributed by atoms with E-state index in [1.807, 2.05) is 30.4 Å². The zero-order chi connectivity index (χ0) is 14.6. The van der Waals surface area contributed by atoms with Crippen molar-refractivity contribution >= 4 is 27.3 Å². The molecule has 20 heavy (non-hydrogen) atoms. The molecule has 1 aliphatic rings. The largest absolute Gasteiger partial charge is 0.498 e. The lowest BCUT2D eigenvalue weighted by Crippen LogP contribution is -2.33. The molecule has 2 rings (SSSR count). The zero-order valence-corrected chi connectivity index (χ0v) is 13.6. The van der Waals surface area contributed by atoms with E-state index in [0.717, 1.165) is 20.0 Å². The highest BCUT2D eigenvalue weighted by atomic mass is 79.9. The first-order valence-electron chi connectivity index (χ1n) is 5.98. The van der Waals surface area contributed by atoms with Crippen molar-refractivity contribution in [3.8, 4) is 6.07 Å². The molecule has 104 valence electrons. The van der Waals surface area contributed by atoms with Crippen LogP contribution in [0.15, 0.2) is 51.6 Å². The summed E-state index contributed by atoms with van der Waals surface area (Å²) in [6.07, 6.45) is 7.76. The Morgan fingerprint density at radius 3 is 2.75 bits per heavy atom. The highest BCUT2D eigenvalue weighted by Gasteiger charge is 2.41. The van der Waals surface area contributed by atoms with E-state index < -0.39 is 5.60 Å². The minimum atomic E-state index is -0.630. The molecule has 0 spiro atoms. The van der Waals surface area contributed by atoms with Crippen LogP contribution < -0.4 is 0 Å². The second kappa shape index (κ2) is 6.40. The minimum Gasteiger partial charge on any atom is -0.498 e. The standard InChI is InChI=1S/C15H14BrNO2S/c1-18-12-6-5-11(4-3-9-17)10-15(12,19-2)13-7-8-14(16)20-13/h3-8H,10H2,1-2H3. The molecule has 0 saturated carbocycles. The molecule has 3 nitrogen and oxygen atoms in total. The Hall–Kier alpha value is -1.35. The van der Waals surface area contributed by atoms with E-state index in [0.29, 0.717) is 6.42 Å². The maximum absolute atomic E-state index is 8.66. The predicted octanol–water partition coefficient (Wildman–Crippen LogP) is 4.29. The van der Waals surface area contributed by atoms with Gasteiger partial charge in [-0.3, -0.25) is 0 Å². The fourth-order valence-electron chi connectivity index (χ4n) is 2.26. The first-order valence-corrected chi connectivity index (χ1v) is 7.59. The quantitative estimate of drug-likeness (QED) is 0.759. The predicted molar refractivity (Wildman–Crippen MR) is 83.3 cm³/mol. The van der Waals surface area contributed by atoms with Gasteiger partial charge < -0.3 is 9.47 Å². The molecule has 1 aromatic heterocycles. The number of allylic oxidation sites excluding steroid dienone is 4. The van der Waals surface area contributed by atoms with E-state index in [1.54, 1.807) is 31.6 Å². The van der Waals surface area contributed by atoms with Crippen molar-refractivity contribution in [1.82, 2.24) is 0 Å². The van der Waals surface area contributed by atoms with Gasteiger partial charge in [-0.25, -0.2) is 0 Å². The molecule has 0 N–H and O–H groups in total. The molecular formula is C15H14BrNO2S. The lowest BCUT2D eigenvalue weighted by Gasteiger charge is -2.35. The van der Waals surface area contributed by atoms with Gasteiger partial charge in [0.05, 0.1) is 17.0 Å². The molecule has 1 unspecified atom stereocenters. The van der Waals surface area contributed by atoms with Gasteiger partial charge in [-0.2, -0.15) is 5.26 Å². The van der Waals surface area contributed by atoms with Crippen LogP contribution in [0.25, 0.3) is 0 Å². The number of hydrogen-bond acceptors (Lipinski definition) is 4. The average molecular weight is 352 g/mol. The third-order valence-electron chi connectivity index (χ3n) is 3.21. The normalized spacial score (nSPS) is 22.3. The summed E-state index contributed by atoms with van der Waals surface area (Å²) in [5, 5.41) is 8.66. The van der Waals surface area contributed by atoms with Crippen molar-refractivity contribution in [2.45, 2.75) is 12.0 Å². The van der Waals surface area contributed by atoms with Gasteiger partial charge in [0.1, 0.15) is 5.76 Å². The van der Waals surface area contributed by atoms with Crippen molar-refractivity contribution in [1.29, 1.82) is 5.26 Å². The number of hydrogen-bond donors (Lipinski definition) is 0. The molecule has 0 aliphatic heterocycles. The van der Waals surface area contributed by atoms with Crippen molar-refractivity contribution in [2.24, 2.45) is 0 Å². The second-order valence-electron chi connectivity index (χ2n) is 4.25. The molecule has 1 aliphatic carbocycles. The smallest absolute Gasteiger partial charge is 0.162 e. The van der Waals surface area contributed by atoms with Crippen LogP contribution in [0.1, 0.15) is 11.3 Å². The van der Waals surface area contributed by atoms with Crippen molar-refractivity contribution < 1.29 is 9.47 Å². The number of nitrogens with zero attached hydrogens (tertiary/aromatic N) is 1. The van der Waals surface area contributed by atoms with Gasteiger partial charge in [0.25, 0.3) is 0 Å². The van der Waals surface area contributed by atoms with Gasteiger partial charge in [0, 0.05) is 24.5 Å². The first kappa shape index (κ1) is 15.0. The lowest BCUT2D eigenvalue weighted by molar-refractivity contribution is -0.0216. The number of nitriles is 1. The van der Waals surface area contributed by atoms with Gasteiger partial charge in [-0.15, -0.1) is 11.3 Å². The SMILES string of the molecule is COC1=CC=C(C=CC#N)CC1(OC)c1ccc(Br)s1. The van der Waals surface area contributed by atoms with Gasteiger partial charge in [-0.1, -0.05) is 6.08 Å². The highest BCUT2D eigenvalue weighted by molar-refractivity contribution is 9.11. The van der Waals surface area contributed by atoms with Crippen LogP contribution >= 0.6 is 27.3 Å². The zero-order valence-electron chi connectivity index (χ0n) is 11.2. The summed E-state index contributed by atoms with van der Waals surface area (Å²) < 4.78 is 12.4. The van der Waals surface area contributed by atoms with E-state index in [2.05, 4.69) is 15.9 Å². The summed E-state index contributed by atoms with van der Waals surface area (Å²) in [6, 6.07) is 6.04. The summed E-state index contributed by atoms with van der Waals surface area (Å²) in [4.78, 5) is 1.07. The highest BCUT2D eigenvalue weighted by Crippen LogP contribution is 2.45. The molecule has 0 bridgehead atoms. The summed E-state index contributed by atoms with van der Waals surface area (Å²) in [7, 11) is 3.32. The van der Waals surface area contributed by atoms with Gasteiger partial charge in [-0.05, 0) is 45.8 Å². The van der Waals surface area contributed by atoms with Crippen molar-refractivity contribution in [2.75, 3.05) is 14.2 Å². The molecule has 1 heterocycles. The molecule has 0 fully saturated rings. The number of methoxy groups -OCH3 is 2. The van der Waals surface area contributed by atoms with E-state index in [-0.39, 0.29) is 0 Å². The molecule has 0 amide bonds. The monoisotopic (exact) mass is 351 g/mol. The van der Waals surface area contributed by atoms with Gasteiger partial charge in [0.2, 0.25) is 0 Å². The Kier molecular flexibility index (Phi) is 4.81. The Morgan fingerprint density at radius 2 is 2.20 bits per heavy atom. The lowest BCUT2D eigenvalue weighted by atomic mass is 9.86. The number of thiophene rings is 1. The van der Waals surface area contributed by atoms with E-state index >= 15 is 0 Å². The second-order valence-corrected chi connectivity index (χ2v) is 6.71.